The number of anilines is 1. The highest BCUT2D eigenvalue weighted by Crippen LogP contribution is 2.27. The van der Waals surface area contributed by atoms with Crippen molar-refractivity contribution in [1.29, 1.82) is 0 Å². The summed E-state index contributed by atoms with van der Waals surface area (Å²) in [5.74, 6) is 0.170. The van der Waals surface area contributed by atoms with E-state index in [9.17, 15) is 4.79 Å². The van der Waals surface area contributed by atoms with Gasteiger partial charge < -0.3 is 4.90 Å². The number of fused-ring (bicyclic) bond motifs is 2. The molecule has 0 saturated carbocycles. The summed E-state index contributed by atoms with van der Waals surface area (Å²) in [6, 6.07) is 12.1. The molecule has 2 aromatic heterocycles. The van der Waals surface area contributed by atoms with Gasteiger partial charge in [-0.05, 0) is 43.0 Å². The molecule has 0 radical (unpaired) electrons. The van der Waals surface area contributed by atoms with E-state index in [0.717, 1.165) is 36.2 Å². The van der Waals surface area contributed by atoms with Gasteiger partial charge in [0.15, 0.2) is 5.65 Å². The molecular weight excluding hydrogens is 288 g/mol. The van der Waals surface area contributed by atoms with Gasteiger partial charge in [-0.25, -0.2) is 4.98 Å². The molecule has 116 valence electrons. The molecule has 0 unspecified atom stereocenters. The van der Waals surface area contributed by atoms with E-state index in [1.54, 1.807) is 6.20 Å². The number of amides is 1. The van der Waals surface area contributed by atoms with E-state index in [4.69, 9.17) is 0 Å². The largest absolute Gasteiger partial charge is 0.312 e. The second kappa shape index (κ2) is 5.83. The Morgan fingerprint density at radius 1 is 1.22 bits per heavy atom. The second-order valence-electron chi connectivity index (χ2n) is 5.85. The number of nitrogens with zero attached hydrogens (tertiary/aromatic N) is 3. The highest BCUT2D eigenvalue weighted by atomic mass is 16.2. The SMILES string of the molecule is O=C(CCc1[nH]nc2ncccc12)N1CCCc2ccccc21. The summed E-state index contributed by atoms with van der Waals surface area (Å²) in [5, 5.41) is 8.19. The maximum atomic E-state index is 12.7. The molecule has 1 aromatic carbocycles. The van der Waals surface area contributed by atoms with Crippen molar-refractivity contribution in [2.75, 3.05) is 11.4 Å². The number of nitrogens with one attached hydrogen (secondary N) is 1. The Kier molecular flexibility index (Phi) is 3.54. The van der Waals surface area contributed by atoms with Crippen LogP contribution in [0, 0.1) is 0 Å². The fourth-order valence-electron chi connectivity index (χ4n) is 3.25. The van der Waals surface area contributed by atoms with Crippen molar-refractivity contribution in [1.82, 2.24) is 15.2 Å². The Morgan fingerprint density at radius 2 is 2.13 bits per heavy atom. The van der Waals surface area contributed by atoms with Gasteiger partial charge in [0.2, 0.25) is 5.91 Å². The van der Waals surface area contributed by atoms with Crippen LogP contribution in [0.4, 0.5) is 5.69 Å². The number of carbonyl (C=O) groups excluding carboxylic acids is 1. The highest BCUT2D eigenvalue weighted by Gasteiger charge is 2.22. The van der Waals surface area contributed by atoms with E-state index < -0.39 is 0 Å². The Morgan fingerprint density at radius 3 is 3.09 bits per heavy atom. The van der Waals surface area contributed by atoms with Crippen LogP contribution in [0.1, 0.15) is 24.1 Å². The van der Waals surface area contributed by atoms with Crippen LogP contribution in [-0.2, 0) is 17.6 Å². The summed E-state index contributed by atoms with van der Waals surface area (Å²) in [6.07, 6.45) is 4.93. The van der Waals surface area contributed by atoms with Gasteiger partial charge in [-0.3, -0.25) is 9.89 Å². The van der Waals surface area contributed by atoms with Crippen LogP contribution in [0.25, 0.3) is 11.0 Å². The third kappa shape index (κ3) is 2.59. The van der Waals surface area contributed by atoms with Gasteiger partial charge in [0.1, 0.15) is 0 Å². The summed E-state index contributed by atoms with van der Waals surface area (Å²) in [4.78, 5) is 18.8. The zero-order valence-corrected chi connectivity index (χ0v) is 12.8. The van der Waals surface area contributed by atoms with Crippen LogP contribution in [0.15, 0.2) is 42.6 Å². The first-order valence-corrected chi connectivity index (χ1v) is 7.99. The number of aromatic amines is 1. The molecule has 3 heterocycles. The summed E-state index contributed by atoms with van der Waals surface area (Å²) in [5.41, 5.74) is 4.02. The number of aromatic nitrogens is 3. The van der Waals surface area contributed by atoms with E-state index in [0.29, 0.717) is 18.5 Å². The number of rotatable bonds is 3. The van der Waals surface area contributed by atoms with Crippen molar-refractivity contribution in [2.24, 2.45) is 0 Å². The minimum absolute atomic E-state index is 0.170. The number of aryl methyl sites for hydroxylation is 2. The monoisotopic (exact) mass is 306 g/mol. The van der Waals surface area contributed by atoms with Gasteiger partial charge in [-0.1, -0.05) is 18.2 Å². The molecule has 0 saturated heterocycles. The summed E-state index contributed by atoms with van der Waals surface area (Å²) >= 11 is 0. The van der Waals surface area contributed by atoms with Crippen LogP contribution in [0.3, 0.4) is 0 Å². The van der Waals surface area contributed by atoms with Crippen molar-refractivity contribution in [3.8, 4) is 0 Å². The lowest BCUT2D eigenvalue weighted by molar-refractivity contribution is -0.118. The molecule has 1 aliphatic rings. The third-order valence-corrected chi connectivity index (χ3v) is 4.41. The van der Waals surface area contributed by atoms with Gasteiger partial charge in [-0.2, -0.15) is 5.10 Å². The minimum Gasteiger partial charge on any atom is -0.312 e. The molecule has 0 fully saturated rings. The predicted molar refractivity (Wildman–Crippen MR) is 89.3 cm³/mol. The first kappa shape index (κ1) is 13.9. The zero-order valence-electron chi connectivity index (χ0n) is 12.8. The van der Waals surface area contributed by atoms with Gasteiger partial charge in [0, 0.05) is 35.9 Å². The fourth-order valence-corrected chi connectivity index (χ4v) is 3.25. The summed E-state index contributed by atoms with van der Waals surface area (Å²) in [7, 11) is 0. The smallest absolute Gasteiger partial charge is 0.227 e. The Bertz CT molecular complexity index is 855. The van der Waals surface area contributed by atoms with E-state index in [1.165, 1.54) is 5.56 Å². The van der Waals surface area contributed by atoms with Gasteiger partial charge in [0.25, 0.3) is 0 Å². The fraction of sp³-hybridized carbons (Fsp3) is 0.278. The van der Waals surface area contributed by atoms with E-state index in [2.05, 4.69) is 21.2 Å². The molecule has 4 rings (SSSR count). The van der Waals surface area contributed by atoms with Crippen LogP contribution in [-0.4, -0.2) is 27.6 Å². The number of benzene rings is 1. The molecule has 0 bridgehead atoms. The number of H-pyrrole nitrogens is 1. The molecule has 0 spiro atoms. The first-order valence-electron chi connectivity index (χ1n) is 7.99. The van der Waals surface area contributed by atoms with E-state index in [1.807, 2.05) is 35.2 Å². The van der Waals surface area contributed by atoms with Crippen molar-refractivity contribution in [3.05, 3.63) is 53.9 Å². The van der Waals surface area contributed by atoms with Gasteiger partial charge in [0.05, 0.1) is 0 Å². The molecule has 1 amide bonds. The molecule has 0 atom stereocenters. The third-order valence-electron chi connectivity index (χ3n) is 4.41. The quantitative estimate of drug-likeness (QED) is 0.809. The number of hydrogen-bond donors (Lipinski definition) is 1. The molecule has 0 aliphatic carbocycles. The van der Waals surface area contributed by atoms with E-state index in [-0.39, 0.29) is 5.91 Å². The number of hydrogen-bond acceptors (Lipinski definition) is 3. The van der Waals surface area contributed by atoms with Crippen molar-refractivity contribution < 1.29 is 4.79 Å². The van der Waals surface area contributed by atoms with Crippen LogP contribution in [0.2, 0.25) is 0 Å². The number of pyridine rings is 1. The Hall–Kier alpha value is -2.69. The minimum atomic E-state index is 0.170. The first-order chi connectivity index (χ1) is 11.3. The topological polar surface area (TPSA) is 61.9 Å². The zero-order chi connectivity index (χ0) is 15.6. The maximum absolute atomic E-state index is 12.7. The lowest BCUT2D eigenvalue weighted by Gasteiger charge is -2.29. The normalized spacial score (nSPS) is 14.0. The molecule has 5 nitrogen and oxygen atoms in total. The number of para-hydroxylation sites is 1. The molecule has 23 heavy (non-hydrogen) atoms. The highest BCUT2D eigenvalue weighted by molar-refractivity contribution is 5.95. The predicted octanol–water partition coefficient (Wildman–Crippen LogP) is 2.87. The standard InChI is InChI=1S/C18H18N4O/c23-17(22-12-4-6-13-5-1-2-8-16(13)22)10-9-15-14-7-3-11-19-18(14)21-20-15/h1-3,5,7-8,11H,4,6,9-10,12H2,(H,19,20,21). The van der Waals surface area contributed by atoms with Crippen molar-refractivity contribution in [3.63, 3.8) is 0 Å². The maximum Gasteiger partial charge on any atom is 0.227 e. The van der Waals surface area contributed by atoms with Gasteiger partial charge >= 0.3 is 0 Å². The number of carbonyl (C=O) groups is 1. The van der Waals surface area contributed by atoms with Crippen molar-refractivity contribution >= 4 is 22.6 Å². The molecular formula is C18H18N4O. The molecule has 1 N–H and O–H groups in total. The lowest BCUT2D eigenvalue weighted by atomic mass is 10.0. The average molecular weight is 306 g/mol. The molecule has 1 aliphatic heterocycles. The average Bonchev–Trinajstić information content (AvgIpc) is 3.02. The Balaban J connectivity index is 1.51. The molecule has 3 aromatic rings. The molecule has 5 heteroatoms. The van der Waals surface area contributed by atoms with Gasteiger partial charge in [-0.15, -0.1) is 0 Å². The van der Waals surface area contributed by atoms with Crippen molar-refractivity contribution in [2.45, 2.75) is 25.7 Å². The lowest BCUT2D eigenvalue weighted by Crippen LogP contribution is -2.35. The summed E-state index contributed by atoms with van der Waals surface area (Å²) in [6.45, 7) is 0.807. The van der Waals surface area contributed by atoms with Crippen LogP contribution < -0.4 is 4.90 Å². The second-order valence-corrected chi connectivity index (χ2v) is 5.85. The summed E-state index contributed by atoms with van der Waals surface area (Å²) < 4.78 is 0. The van der Waals surface area contributed by atoms with Crippen LogP contribution in [0.5, 0.6) is 0 Å². The van der Waals surface area contributed by atoms with E-state index >= 15 is 0 Å². The van der Waals surface area contributed by atoms with Crippen LogP contribution >= 0.6 is 0 Å². The Labute approximate surface area is 134 Å².